The van der Waals surface area contributed by atoms with Crippen molar-refractivity contribution in [3.63, 3.8) is 0 Å². The fraction of sp³-hybridized carbons (Fsp3) is 0.327. The third kappa shape index (κ3) is 11.1. The van der Waals surface area contributed by atoms with Crippen LogP contribution in [0.1, 0.15) is 98.9 Å². The average Bonchev–Trinajstić information content (AvgIpc) is 4.13. The Morgan fingerprint density at radius 1 is 1.06 bits per heavy atom. The number of anilines is 3. The highest BCUT2D eigenvalue weighted by Gasteiger charge is 2.41. The van der Waals surface area contributed by atoms with Gasteiger partial charge in [-0.25, -0.2) is 18.7 Å². The zero-order valence-electron chi connectivity index (χ0n) is 41.3. The molecule has 5 N–H and O–H groups in total. The van der Waals surface area contributed by atoms with Crippen molar-refractivity contribution >= 4 is 40.4 Å². The maximum Gasteiger partial charge on any atom is 0.258 e. The van der Waals surface area contributed by atoms with Crippen LogP contribution in [0.25, 0.3) is 22.3 Å². The predicted molar refractivity (Wildman–Crippen MR) is 274 cm³/mol. The molecule has 372 valence electrons. The minimum Gasteiger partial charge on any atom is -0.486 e. The molecule has 2 amide bonds. The molecule has 4 aromatic heterocycles. The highest BCUT2D eigenvalue weighted by molar-refractivity contribution is 5.96. The van der Waals surface area contributed by atoms with Crippen molar-refractivity contribution in [2.45, 2.75) is 84.3 Å². The van der Waals surface area contributed by atoms with Crippen molar-refractivity contribution in [2.75, 3.05) is 42.7 Å². The number of hydrogen-bond acceptors (Lipinski definition) is 12. The van der Waals surface area contributed by atoms with E-state index in [4.69, 9.17) is 20.4 Å². The van der Waals surface area contributed by atoms with Crippen LogP contribution in [0.15, 0.2) is 121 Å². The molecule has 1 unspecified atom stereocenters. The molecule has 2 aliphatic carbocycles. The van der Waals surface area contributed by atoms with Crippen LogP contribution in [0.3, 0.4) is 0 Å². The monoisotopic (exact) mass is 975 g/mol. The number of ether oxygens (including phenoxy) is 1. The van der Waals surface area contributed by atoms with E-state index in [0.29, 0.717) is 36.3 Å². The molecule has 0 saturated heterocycles. The number of benzene rings is 2. The van der Waals surface area contributed by atoms with E-state index < -0.39 is 34.9 Å². The van der Waals surface area contributed by atoms with E-state index >= 15 is 8.78 Å². The standard InChI is InChI=1S/C55H59F2N11O4/c1-8-40(21-25-69)62-54-64-50(42-20-23-68(33(2)3)51(42)65-54)67(31-35-12-14-37(15-13-35)45-11-9-10-22-59-45)30-34(4)53(71)66(7)24-26-72-48-47(60-32-61-49(48)58)43-28-39(56)29-46(55(43,5)6)63-52(70)41-19-18-38(27-44(41)57)36-16-17-36/h9-15,18-20,22-23,27-29,32-33,36,40,43,69H,4,8,16-17,24,26,30-31H2,1-3,5-7H3,(H,63,70)(H2,58,60,61)(H,62,64,65)/t40-,43?/m1/s1. The molecule has 2 aromatic carbocycles. The lowest BCUT2D eigenvalue weighted by Gasteiger charge is -2.37. The van der Waals surface area contributed by atoms with Gasteiger partial charge in [0.2, 0.25) is 5.95 Å². The minimum atomic E-state index is -0.999. The highest BCUT2D eigenvalue weighted by Crippen LogP contribution is 2.48. The van der Waals surface area contributed by atoms with Gasteiger partial charge in [-0.2, -0.15) is 9.97 Å². The smallest absolute Gasteiger partial charge is 0.258 e. The van der Waals surface area contributed by atoms with Crippen molar-refractivity contribution in [3.05, 3.63) is 149 Å². The van der Waals surface area contributed by atoms with Gasteiger partial charge in [0.05, 0.1) is 34.9 Å². The van der Waals surface area contributed by atoms with Crippen LogP contribution in [0, 0.1) is 23.3 Å². The maximum absolute atomic E-state index is 15.5. The Kier molecular flexibility index (Phi) is 15.0. The number of rotatable bonds is 19. The molecular formula is C55H59F2N11O4. The fourth-order valence-corrected chi connectivity index (χ4v) is 8.78. The maximum atomic E-state index is 15.5. The summed E-state index contributed by atoms with van der Waals surface area (Å²) in [6, 6.07) is 20.0. The Balaban J connectivity index is 1.00. The number of halogens is 2. The van der Waals surface area contributed by atoms with E-state index in [9.17, 15) is 14.7 Å². The zero-order valence-corrected chi connectivity index (χ0v) is 41.3. The van der Waals surface area contributed by atoms with Gasteiger partial charge in [0.15, 0.2) is 11.6 Å². The zero-order chi connectivity index (χ0) is 51.3. The molecule has 15 nitrogen and oxygen atoms in total. The van der Waals surface area contributed by atoms with E-state index in [2.05, 4.69) is 51.9 Å². The van der Waals surface area contributed by atoms with Crippen molar-refractivity contribution in [2.24, 2.45) is 5.41 Å². The molecule has 1 saturated carbocycles. The molecule has 2 aliphatic rings. The fourth-order valence-electron chi connectivity index (χ4n) is 8.78. The van der Waals surface area contributed by atoms with Crippen LogP contribution in [0.5, 0.6) is 5.75 Å². The lowest BCUT2D eigenvalue weighted by molar-refractivity contribution is -0.126. The number of nitrogens with zero attached hydrogens (tertiary/aromatic N) is 8. The number of amides is 2. The van der Waals surface area contributed by atoms with Crippen LogP contribution in [0.2, 0.25) is 0 Å². The van der Waals surface area contributed by atoms with Crippen molar-refractivity contribution in [1.82, 2.24) is 39.7 Å². The summed E-state index contributed by atoms with van der Waals surface area (Å²) < 4.78 is 39.0. The molecule has 0 radical (unpaired) electrons. The number of aliphatic hydroxyl groups is 1. The number of carbonyl (C=O) groups excluding carboxylic acids is 2. The molecule has 0 bridgehead atoms. The molecule has 0 spiro atoms. The number of aromatic nitrogens is 6. The summed E-state index contributed by atoms with van der Waals surface area (Å²) in [5, 5.41) is 16.2. The van der Waals surface area contributed by atoms with Gasteiger partial charge in [0.1, 0.15) is 42.1 Å². The SMILES string of the molecule is C=C(CN(Cc1ccc(-c2ccccn2)cc1)c1nc(N[C@@H](C#CO)CC)nc2c1ccn2C(C)C)C(=O)N(C)CCOc1c(N)ncnc1C1C=C(F)C=C(NC(=O)c2ccc(C3CC3)cc2F)C1(C)C. The number of nitrogens with two attached hydrogens (primary N) is 1. The Hall–Kier alpha value is -8.13. The van der Waals surface area contributed by atoms with E-state index in [1.165, 1.54) is 35.5 Å². The summed E-state index contributed by atoms with van der Waals surface area (Å²) in [7, 11) is 1.63. The molecule has 1 fully saturated rings. The number of hydrogen-bond donors (Lipinski definition) is 4. The van der Waals surface area contributed by atoms with Gasteiger partial charge in [-0.1, -0.05) is 63.7 Å². The molecule has 0 aliphatic heterocycles. The van der Waals surface area contributed by atoms with Crippen molar-refractivity contribution < 1.29 is 28.2 Å². The Morgan fingerprint density at radius 2 is 1.83 bits per heavy atom. The van der Waals surface area contributed by atoms with E-state index in [1.807, 2.05) is 77.2 Å². The van der Waals surface area contributed by atoms with Crippen LogP contribution >= 0.6 is 0 Å². The third-order valence-corrected chi connectivity index (χ3v) is 13.1. The molecular weight excluding hydrogens is 917 g/mol. The van der Waals surface area contributed by atoms with Gasteiger partial charge in [-0.05, 0) is 98.6 Å². The second-order valence-electron chi connectivity index (χ2n) is 19.0. The van der Waals surface area contributed by atoms with Crippen molar-refractivity contribution in [1.29, 1.82) is 0 Å². The first kappa shape index (κ1) is 50.3. The summed E-state index contributed by atoms with van der Waals surface area (Å²) in [6.45, 7) is 14.4. The summed E-state index contributed by atoms with van der Waals surface area (Å²) in [5.74, 6) is 0.840. The Labute approximate surface area is 418 Å². The van der Waals surface area contributed by atoms with Gasteiger partial charge in [0.25, 0.3) is 11.8 Å². The summed E-state index contributed by atoms with van der Waals surface area (Å²) in [5.41, 5.74) is 10.2. The lowest BCUT2D eigenvalue weighted by atomic mass is 9.71. The normalized spacial score (nSPS) is 15.4. The second kappa shape index (κ2) is 21.5. The molecule has 6 aromatic rings. The van der Waals surface area contributed by atoms with Gasteiger partial charge in [0, 0.05) is 66.7 Å². The first-order valence-electron chi connectivity index (χ1n) is 24.0. The molecule has 8 rings (SSSR count). The number of nitrogen functional groups attached to an aromatic ring is 1. The summed E-state index contributed by atoms with van der Waals surface area (Å²) in [4.78, 5) is 54.2. The molecule has 17 heteroatoms. The van der Waals surface area contributed by atoms with Gasteiger partial charge in [-0.15, -0.1) is 0 Å². The average molecular weight is 976 g/mol. The number of aliphatic hydroxyl groups excluding tert-OH is 1. The predicted octanol–water partition coefficient (Wildman–Crippen LogP) is 9.38. The third-order valence-electron chi connectivity index (χ3n) is 13.1. The molecule has 2 atom stereocenters. The molecule has 4 heterocycles. The first-order valence-corrected chi connectivity index (χ1v) is 24.0. The first-order chi connectivity index (χ1) is 34.6. The topological polar surface area (TPSA) is 190 Å². The van der Waals surface area contributed by atoms with Gasteiger partial charge in [-0.3, -0.25) is 14.6 Å². The summed E-state index contributed by atoms with van der Waals surface area (Å²) >= 11 is 0. The number of pyridine rings is 1. The van der Waals surface area contributed by atoms with Gasteiger partial charge >= 0.3 is 0 Å². The molecule has 72 heavy (non-hydrogen) atoms. The lowest BCUT2D eigenvalue weighted by Crippen LogP contribution is -2.38. The van der Waals surface area contributed by atoms with E-state index in [-0.39, 0.29) is 65.7 Å². The second-order valence-corrected chi connectivity index (χ2v) is 19.0. The Morgan fingerprint density at radius 3 is 2.51 bits per heavy atom. The quantitative estimate of drug-likeness (QED) is 0.0445. The van der Waals surface area contributed by atoms with E-state index in [0.717, 1.165) is 40.6 Å². The van der Waals surface area contributed by atoms with Crippen LogP contribution in [-0.4, -0.2) is 84.1 Å². The number of allylic oxidation sites excluding steroid dienone is 4. The summed E-state index contributed by atoms with van der Waals surface area (Å²) in [6.07, 6.45) is 12.1. The van der Waals surface area contributed by atoms with Crippen LogP contribution in [-0.2, 0) is 11.3 Å². The largest absolute Gasteiger partial charge is 0.486 e. The Bertz CT molecular complexity index is 3120. The van der Waals surface area contributed by atoms with Crippen LogP contribution in [0.4, 0.5) is 26.4 Å². The van der Waals surface area contributed by atoms with E-state index in [1.54, 1.807) is 33.2 Å². The number of carbonyl (C=O) groups is 2. The number of fused-ring (bicyclic) bond motifs is 1. The van der Waals surface area contributed by atoms with Crippen LogP contribution < -0.4 is 26.0 Å². The number of likely N-dealkylation sites (N-methyl/N-ethyl adjacent to an activating group) is 1. The van der Waals surface area contributed by atoms with Gasteiger partial charge < -0.3 is 40.6 Å². The highest BCUT2D eigenvalue weighted by atomic mass is 19.1. The van der Waals surface area contributed by atoms with Crippen molar-refractivity contribution in [3.8, 4) is 29.0 Å². The number of nitrogens with one attached hydrogen (secondary N) is 2. The minimum absolute atomic E-state index is 0.00495.